The van der Waals surface area contributed by atoms with Crippen LogP contribution < -0.4 is 10.6 Å². The molecular formula is C32H44N4O6. The number of imide groups is 1. The van der Waals surface area contributed by atoms with Crippen LogP contribution in [0.5, 0.6) is 0 Å². The second-order valence-electron chi connectivity index (χ2n) is 12.5. The van der Waals surface area contributed by atoms with Crippen LogP contribution in [0.2, 0.25) is 0 Å². The second-order valence-corrected chi connectivity index (χ2v) is 12.5. The zero-order valence-corrected chi connectivity index (χ0v) is 25.5. The number of ether oxygens (including phenoxy) is 2. The van der Waals surface area contributed by atoms with Crippen molar-refractivity contribution >= 4 is 24.0 Å². The summed E-state index contributed by atoms with van der Waals surface area (Å²) in [5.41, 5.74) is 1.41. The van der Waals surface area contributed by atoms with Crippen LogP contribution >= 0.6 is 0 Å². The lowest BCUT2D eigenvalue weighted by molar-refractivity contribution is -0.144. The van der Waals surface area contributed by atoms with Gasteiger partial charge in [0.25, 0.3) is 5.91 Å². The predicted molar refractivity (Wildman–Crippen MR) is 159 cm³/mol. The molecule has 228 valence electrons. The summed E-state index contributed by atoms with van der Waals surface area (Å²) >= 11 is 0. The van der Waals surface area contributed by atoms with Gasteiger partial charge in [0.05, 0.1) is 6.42 Å². The third kappa shape index (κ3) is 9.87. The average molecular weight is 581 g/mol. The topological polar surface area (TPSA) is 117 Å². The summed E-state index contributed by atoms with van der Waals surface area (Å²) in [5.74, 6) is -0.681. The number of hydrogen-bond donors (Lipinski definition) is 2. The van der Waals surface area contributed by atoms with Crippen LogP contribution in [0.25, 0.3) is 0 Å². The molecule has 4 rings (SSSR count). The summed E-state index contributed by atoms with van der Waals surface area (Å²) in [7, 11) is 0. The molecule has 2 aliphatic heterocycles. The molecule has 0 radical (unpaired) electrons. The van der Waals surface area contributed by atoms with Gasteiger partial charge in [0, 0.05) is 30.2 Å². The van der Waals surface area contributed by atoms with E-state index in [1.54, 1.807) is 20.8 Å². The fourth-order valence-corrected chi connectivity index (χ4v) is 4.78. The highest BCUT2D eigenvalue weighted by atomic mass is 16.6. The van der Waals surface area contributed by atoms with E-state index in [1.807, 2.05) is 60.7 Å². The van der Waals surface area contributed by atoms with Crippen LogP contribution in [-0.4, -0.2) is 70.1 Å². The van der Waals surface area contributed by atoms with Gasteiger partial charge in [-0.25, -0.2) is 9.59 Å². The minimum Gasteiger partial charge on any atom is -0.445 e. The van der Waals surface area contributed by atoms with Gasteiger partial charge < -0.3 is 20.1 Å². The van der Waals surface area contributed by atoms with Crippen molar-refractivity contribution in [2.45, 2.75) is 90.8 Å². The molecule has 2 aromatic rings. The van der Waals surface area contributed by atoms with Gasteiger partial charge in [0.2, 0.25) is 5.91 Å². The Morgan fingerprint density at radius 2 is 1.29 bits per heavy atom. The van der Waals surface area contributed by atoms with Gasteiger partial charge in [0.15, 0.2) is 0 Å². The van der Waals surface area contributed by atoms with E-state index in [-0.39, 0.29) is 36.6 Å². The monoisotopic (exact) mass is 580 g/mol. The Labute approximate surface area is 248 Å². The summed E-state index contributed by atoms with van der Waals surface area (Å²) in [5, 5.41) is 5.41. The standard InChI is InChI=1S/C16H20N2O4.C16H24N2O2/c1-16(2,3)18-13(19)9-12(14(18)20)17-15(21)22-10-11-7-5-4-6-8-11;1-16(2,3)18-10-9-14(11-18)17-15(19)20-12-13-7-5-4-6-8-13/h4-8,12H,9-10H2,1-3H3,(H,17,21);4-8,14H,9-12H2,1-3H3,(H,17,19)/t12-;14-/m00/s1. The van der Waals surface area contributed by atoms with Gasteiger partial charge in [-0.05, 0) is 59.1 Å². The number of likely N-dealkylation sites (tertiary alicyclic amines) is 2. The molecule has 2 saturated heterocycles. The Balaban J connectivity index is 0.000000231. The van der Waals surface area contributed by atoms with E-state index in [2.05, 4.69) is 36.3 Å². The minimum atomic E-state index is -0.852. The fourth-order valence-electron chi connectivity index (χ4n) is 4.78. The van der Waals surface area contributed by atoms with Crippen molar-refractivity contribution in [3.63, 3.8) is 0 Å². The number of benzene rings is 2. The predicted octanol–water partition coefficient (Wildman–Crippen LogP) is 4.62. The highest BCUT2D eigenvalue weighted by molar-refractivity contribution is 6.07. The first-order chi connectivity index (χ1) is 19.7. The number of alkyl carbamates (subject to hydrolysis) is 2. The van der Waals surface area contributed by atoms with Crippen LogP contribution in [-0.2, 0) is 32.3 Å². The van der Waals surface area contributed by atoms with Crippen LogP contribution in [0.3, 0.4) is 0 Å². The molecule has 10 heteroatoms. The first-order valence-electron chi connectivity index (χ1n) is 14.3. The number of nitrogens with zero attached hydrogens (tertiary/aromatic N) is 2. The molecule has 0 aliphatic carbocycles. The molecule has 0 aromatic heterocycles. The number of nitrogens with one attached hydrogen (secondary N) is 2. The number of hydrogen-bond acceptors (Lipinski definition) is 7. The van der Waals surface area contributed by atoms with Gasteiger partial charge in [0.1, 0.15) is 19.3 Å². The maximum Gasteiger partial charge on any atom is 0.408 e. The molecular weight excluding hydrogens is 536 g/mol. The van der Waals surface area contributed by atoms with Crippen LogP contribution in [0.15, 0.2) is 60.7 Å². The highest BCUT2D eigenvalue weighted by Gasteiger charge is 2.44. The number of carbonyl (C=O) groups is 4. The molecule has 2 aliphatic rings. The van der Waals surface area contributed by atoms with Gasteiger partial charge in [-0.3, -0.25) is 19.4 Å². The molecule has 2 N–H and O–H groups in total. The van der Waals surface area contributed by atoms with Crippen molar-refractivity contribution in [1.82, 2.24) is 20.4 Å². The SMILES string of the molecule is CC(C)(C)N1C(=O)C[C@H](NC(=O)OCc2ccccc2)C1=O.CC(C)(C)N1CC[C@H](NC(=O)OCc2ccccc2)C1. The Hall–Kier alpha value is -3.92. The Morgan fingerprint density at radius 1 is 0.786 bits per heavy atom. The normalized spacial score (nSPS) is 19.1. The number of amides is 4. The fraction of sp³-hybridized carbons (Fsp3) is 0.500. The quantitative estimate of drug-likeness (QED) is 0.479. The Morgan fingerprint density at radius 3 is 1.71 bits per heavy atom. The molecule has 2 heterocycles. The summed E-state index contributed by atoms with van der Waals surface area (Å²) in [6.45, 7) is 14.3. The van der Waals surface area contributed by atoms with E-state index >= 15 is 0 Å². The molecule has 2 aromatic carbocycles. The lowest BCUT2D eigenvalue weighted by atomic mass is 10.1. The lowest BCUT2D eigenvalue weighted by Gasteiger charge is -2.31. The van der Waals surface area contributed by atoms with Crippen molar-refractivity contribution in [2.24, 2.45) is 0 Å². The smallest absolute Gasteiger partial charge is 0.408 e. The molecule has 2 fully saturated rings. The van der Waals surface area contributed by atoms with Gasteiger partial charge in [-0.2, -0.15) is 0 Å². The molecule has 0 bridgehead atoms. The molecule has 42 heavy (non-hydrogen) atoms. The maximum absolute atomic E-state index is 12.2. The second kappa shape index (κ2) is 14.3. The number of rotatable bonds is 6. The third-order valence-corrected chi connectivity index (χ3v) is 6.99. The van der Waals surface area contributed by atoms with Gasteiger partial charge in [-0.15, -0.1) is 0 Å². The highest BCUT2D eigenvalue weighted by Crippen LogP contribution is 2.23. The first kappa shape index (κ1) is 32.6. The zero-order chi connectivity index (χ0) is 30.9. The van der Waals surface area contributed by atoms with Gasteiger partial charge in [-0.1, -0.05) is 60.7 Å². The summed E-state index contributed by atoms with van der Waals surface area (Å²) in [4.78, 5) is 51.2. The zero-order valence-electron chi connectivity index (χ0n) is 25.5. The Bertz CT molecular complexity index is 1210. The van der Waals surface area contributed by atoms with E-state index in [1.165, 1.54) is 4.90 Å². The van der Waals surface area contributed by atoms with E-state index in [0.29, 0.717) is 6.61 Å². The summed E-state index contributed by atoms with van der Waals surface area (Å²) < 4.78 is 10.3. The Kier molecular flexibility index (Phi) is 11.1. The third-order valence-electron chi connectivity index (χ3n) is 6.99. The van der Waals surface area contributed by atoms with E-state index in [9.17, 15) is 19.2 Å². The van der Waals surface area contributed by atoms with Crippen molar-refractivity contribution in [3.05, 3.63) is 71.8 Å². The van der Waals surface area contributed by atoms with Crippen molar-refractivity contribution < 1.29 is 28.7 Å². The average Bonchev–Trinajstić information content (AvgIpc) is 3.51. The molecule has 2 atom stereocenters. The van der Waals surface area contributed by atoms with E-state index in [0.717, 1.165) is 30.6 Å². The van der Waals surface area contributed by atoms with Crippen LogP contribution in [0, 0.1) is 0 Å². The molecule has 0 unspecified atom stereocenters. The molecule has 0 saturated carbocycles. The largest absolute Gasteiger partial charge is 0.445 e. The molecule has 0 spiro atoms. The maximum atomic E-state index is 12.2. The summed E-state index contributed by atoms with van der Waals surface area (Å²) in [6, 6.07) is 18.3. The van der Waals surface area contributed by atoms with E-state index < -0.39 is 23.6 Å². The molecule has 4 amide bonds. The lowest BCUT2D eigenvalue weighted by Crippen LogP contribution is -2.49. The van der Waals surface area contributed by atoms with Crippen LogP contribution in [0.4, 0.5) is 9.59 Å². The van der Waals surface area contributed by atoms with Crippen molar-refractivity contribution in [3.8, 4) is 0 Å². The first-order valence-corrected chi connectivity index (χ1v) is 14.3. The van der Waals surface area contributed by atoms with Crippen molar-refractivity contribution in [1.29, 1.82) is 0 Å². The molecule has 10 nitrogen and oxygen atoms in total. The number of carbonyl (C=O) groups excluding carboxylic acids is 4. The van der Waals surface area contributed by atoms with Crippen LogP contribution in [0.1, 0.15) is 65.5 Å². The van der Waals surface area contributed by atoms with Gasteiger partial charge >= 0.3 is 12.2 Å². The minimum absolute atomic E-state index is 0.0312. The summed E-state index contributed by atoms with van der Waals surface area (Å²) in [6.07, 6.45) is -0.0748. The van der Waals surface area contributed by atoms with E-state index in [4.69, 9.17) is 9.47 Å². The van der Waals surface area contributed by atoms with Crippen molar-refractivity contribution in [2.75, 3.05) is 13.1 Å².